The van der Waals surface area contributed by atoms with Crippen LogP contribution in [0.15, 0.2) is 54.6 Å². The largest absolute Gasteiger partial charge is 0.491 e. The number of carbonyl (C=O) groups excluding carboxylic acids is 1. The van der Waals surface area contributed by atoms with Gasteiger partial charge < -0.3 is 19.8 Å². The number of nitrogens with zero attached hydrogens (tertiary/aromatic N) is 3. The van der Waals surface area contributed by atoms with E-state index in [9.17, 15) is 28.2 Å². The van der Waals surface area contributed by atoms with Crippen molar-refractivity contribution in [3.63, 3.8) is 0 Å². The number of aliphatic hydroxyl groups is 1. The Labute approximate surface area is 231 Å². The van der Waals surface area contributed by atoms with Crippen LogP contribution in [0.4, 0.5) is 13.2 Å². The van der Waals surface area contributed by atoms with Crippen LogP contribution in [0.3, 0.4) is 0 Å². The number of carbonyl (C=O) groups is 1. The van der Waals surface area contributed by atoms with Gasteiger partial charge in [-0.15, -0.1) is 0 Å². The van der Waals surface area contributed by atoms with E-state index in [0.29, 0.717) is 12.8 Å². The summed E-state index contributed by atoms with van der Waals surface area (Å²) in [6.45, 7) is 3.47. The van der Waals surface area contributed by atoms with E-state index < -0.39 is 28.9 Å². The fourth-order valence-corrected chi connectivity index (χ4v) is 5.34. The molecule has 0 saturated heterocycles. The van der Waals surface area contributed by atoms with E-state index in [0.717, 1.165) is 36.1 Å². The summed E-state index contributed by atoms with van der Waals surface area (Å²) in [4.78, 5) is 24.0. The lowest BCUT2D eigenvalue weighted by atomic mass is 9.75. The number of hydrogen-bond donors (Lipinski definition) is 2. The molecule has 10 heteroatoms. The Kier molecular flexibility index (Phi) is 8.98. The van der Waals surface area contributed by atoms with Gasteiger partial charge in [0.2, 0.25) is 5.75 Å². The highest BCUT2D eigenvalue weighted by Gasteiger charge is 2.39. The molecule has 0 atom stereocenters. The lowest BCUT2D eigenvalue weighted by molar-refractivity contribution is -0.137. The van der Waals surface area contributed by atoms with Gasteiger partial charge >= 0.3 is 6.18 Å². The molecular weight excluding hydrogens is 523 g/mol. The maximum Gasteiger partial charge on any atom is 0.416 e. The van der Waals surface area contributed by atoms with Crippen LogP contribution in [0.25, 0.3) is 0 Å². The zero-order valence-corrected chi connectivity index (χ0v) is 22.6. The molecule has 214 valence electrons. The standard InChI is InChI=1S/C30H34F3N3O4/c1-20(2)36(16-17-37)28(39)25-26(40-19-21-8-4-3-5-9-21)27(38)35-24(34-25)18-29(14-6-7-15-29)22-10-12-23(13-11-22)30(31,32)33/h3-5,8-13,20,37H,6-7,14-19H2,1-2H3,(H,34,35,38). The zero-order chi connectivity index (χ0) is 28.9. The molecule has 0 spiro atoms. The predicted molar refractivity (Wildman–Crippen MR) is 143 cm³/mol. The van der Waals surface area contributed by atoms with Crippen molar-refractivity contribution in [1.29, 1.82) is 0 Å². The van der Waals surface area contributed by atoms with Gasteiger partial charge in [-0.1, -0.05) is 55.3 Å². The van der Waals surface area contributed by atoms with E-state index in [-0.39, 0.29) is 49.5 Å². The number of benzene rings is 2. The van der Waals surface area contributed by atoms with Crippen molar-refractivity contribution in [2.24, 2.45) is 0 Å². The van der Waals surface area contributed by atoms with Crippen molar-refractivity contribution in [2.45, 2.75) is 70.2 Å². The van der Waals surface area contributed by atoms with E-state index >= 15 is 0 Å². The summed E-state index contributed by atoms with van der Waals surface area (Å²) >= 11 is 0. The minimum Gasteiger partial charge on any atom is -0.491 e. The van der Waals surface area contributed by atoms with Crippen molar-refractivity contribution in [3.8, 4) is 11.6 Å². The average molecular weight is 558 g/mol. The third-order valence-corrected chi connectivity index (χ3v) is 7.43. The lowest BCUT2D eigenvalue weighted by Crippen LogP contribution is -2.40. The summed E-state index contributed by atoms with van der Waals surface area (Å²) in [6, 6.07) is 14.1. The summed E-state index contributed by atoms with van der Waals surface area (Å²) in [5, 5.41) is 20.5. The number of aliphatic hydroxyl groups excluding tert-OH is 1. The smallest absolute Gasteiger partial charge is 0.416 e. The van der Waals surface area contributed by atoms with Crippen molar-refractivity contribution >= 4 is 5.91 Å². The normalized spacial score (nSPS) is 14.9. The third-order valence-electron chi connectivity index (χ3n) is 7.43. The molecule has 0 aliphatic heterocycles. The van der Waals surface area contributed by atoms with Crippen molar-refractivity contribution in [3.05, 3.63) is 82.8 Å². The number of hydrogen-bond acceptors (Lipinski definition) is 6. The highest BCUT2D eigenvalue weighted by atomic mass is 19.4. The Morgan fingerprint density at radius 2 is 1.70 bits per heavy atom. The highest BCUT2D eigenvalue weighted by molar-refractivity contribution is 5.95. The Bertz CT molecular complexity index is 1290. The van der Waals surface area contributed by atoms with Crippen LogP contribution in [-0.4, -0.2) is 50.2 Å². The van der Waals surface area contributed by atoms with Gasteiger partial charge in [-0.25, -0.2) is 4.98 Å². The zero-order valence-electron chi connectivity index (χ0n) is 22.6. The molecule has 1 amide bonds. The quantitative estimate of drug-likeness (QED) is 0.333. The first kappa shape index (κ1) is 29.3. The molecule has 1 fully saturated rings. The molecule has 2 N–H and O–H groups in total. The molecule has 1 aliphatic rings. The Balaban J connectivity index is 1.72. The molecule has 0 unspecified atom stereocenters. The second-order valence-electron chi connectivity index (χ2n) is 10.5. The Morgan fingerprint density at radius 3 is 2.27 bits per heavy atom. The molecule has 4 rings (SSSR count). The monoisotopic (exact) mass is 557 g/mol. The summed E-state index contributed by atoms with van der Waals surface area (Å²) < 4.78 is 45.4. The van der Waals surface area contributed by atoms with Crippen LogP contribution in [0.5, 0.6) is 11.6 Å². The van der Waals surface area contributed by atoms with Crippen molar-refractivity contribution < 1.29 is 32.9 Å². The van der Waals surface area contributed by atoms with Crippen LogP contribution in [0.1, 0.15) is 72.5 Å². The number of ether oxygens (including phenoxy) is 1. The van der Waals surface area contributed by atoms with E-state index in [4.69, 9.17) is 4.74 Å². The minimum absolute atomic E-state index is 0.0597. The maximum atomic E-state index is 13.7. The first-order chi connectivity index (χ1) is 19.0. The number of halogens is 3. The topological polar surface area (TPSA) is 95.8 Å². The van der Waals surface area contributed by atoms with E-state index in [1.54, 1.807) is 13.8 Å². The van der Waals surface area contributed by atoms with Crippen LogP contribution in [0, 0.1) is 0 Å². The lowest BCUT2D eigenvalue weighted by Gasteiger charge is -2.30. The summed E-state index contributed by atoms with van der Waals surface area (Å²) in [5.74, 6) is -0.975. The SMILES string of the molecule is CC(C)N(CCO)C(=O)c1nc(CC2(c3ccc(C(F)(F)F)cc3)CCCC2)nc(O)c1OCc1ccccc1. The van der Waals surface area contributed by atoms with Gasteiger partial charge in [0.1, 0.15) is 12.4 Å². The van der Waals surface area contributed by atoms with Gasteiger partial charge in [0, 0.05) is 24.4 Å². The molecule has 1 aromatic heterocycles. The van der Waals surface area contributed by atoms with Gasteiger partial charge in [0.15, 0.2) is 5.69 Å². The molecule has 1 heterocycles. The number of alkyl halides is 3. The summed E-state index contributed by atoms with van der Waals surface area (Å²) in [5.41, 5.74) is 0.173. The molecule has 40 heavy (non-hydrogen) atoms. The van der Waals surface area contributed by atoms with E-state index in [1.165, 1.54) is 17.0 Å². The highest BCUT2D eigenvalue weighted by Crippen LogP contribution is 2.44. The second kappa shape index (κ2) is 12.2. The van der Waals surface area contributed by atoms with Crippen molar-refractivity contribution in [1.82, 2.24) is 14.9 Å². The van der Waals surface area contributed by atoms with Crippen LogP contribution < -0.4 is 4.74 Å². The maximum absolute atomic E-state index is 13.7. The molecule has 1 saturated carbocycles. The van der Waals surface area contributed by atoms with Gasteiger partial charge in [0.05, 0.1) is 12.2 Å². The van der Waals surface area contributed by atoms with E-state index in [2.05, 4.69) is 9.97 Å². The fourth-order valence-electron chi connectivity index (χ4n) is 5.34. The Hall–Kier alpha value is -3.66. The second-order valence-corrected chi connectivity index (χ2v) is 10.5. The molecule has 3 aromatic rings. The summed E-state index contributed by atoms with van der Waals surface area (Å²) in [7, 11) is 0. The number of aromatic nitrogens is 2. The molecule has 0 bridgehead atoms. The minimum atomic E-state index is -4.43. The van der Waals surface area contributed by atoms with E-state index in [1.807, 2.05) is 30.3 Å². The van der Waals surface area contributed by atoms with Gasteiger partial charge in [0.25, 0.3) is 11.8 Å². The Morgan fingerprint density at radius 1 is 1.05 bits per heavy atom. The number of rotatable bonds is 10. The van der Waals surface area contributed by atoms with Crippen molar-refractivity contribution in [2.75, 3.05) is 13.2 Å². The predicted octanol–water partition coefficient (Wildman–Crippen LogP) is 5.68. The molecule has 0 radical (unpaired) electrons. The first-order valence-corrected chi connectivity index (χ1v) is 13.4. The van der Waals surface area contributed by atoms with Gasteiger partial charge in [-0.3, -0.25) is 4.79 Å². The molecular formula is C30H34F3N3O4. The number of amides is 1. The number of aromatic hydroxyl groups is 1. The van der Waals surface area contributed by atoms with Gasteiger partial charge in [-0.2, -0.15) is 18.2 Å². The molecule has 1 aliphatic carbocycles. The van der Waals surface area contributed by atoms with Gasteiger partial charge in [-0.05, 0) is 49.9 Å². The molecule has 7 nitrogen and oxygen atoms in total. The van der Waals surface area contributed by atoms with Crippen LogP contribution in [-0.2, 0) is 24.6 Å². The van der Waals surface area contributed by atoms with Crippen LogP contribution >= 0.6 is 0 Å². The first-order valence-electron chi connectivity index (χ1n) is 13.4. The third kappa shape index (κ3) is 6.55. The van der Waals surface area contributed by atoms with Crippen LogP contribution in [0.2, 0.25) is 0 Å². The molecule has 2 aromatic carbocycles. The fraction of sp³-hybridized carbons (Fsp3) is 0.433. The average Bonchev–Trinajstić information content (AvgIpc) is 3.40. The summed E-state index contributed by atoms with van der Waals surface area (Å²) in [6.07, 6.45) is -1.02.